The number of nitrogens with zero attached hydrogens (tertiary/aromatic N) is 3. The van der Waals surface area contributed by atoms with Gasteiger partial charge in [-0.2, -0.15) is 4.98 Å². The molecule has 1 amide bonds. The summed E-state index contributed by atoms with van der Waals surface area (Å²) in [5.41, 5.74) is 2.12. The highest BCUT2D eigenvalue weighted by atomic mass is 16.5. The molecule has 0 spiro atoms. The number of carbonyl (C=O) groups is 1. The van der Waals surface area contributed by atoms with Crippen molar-refractivity contribution in [1.82, 2.24) is 20.4 Å². The Labute approximate surface area is 188 Å². The minimum absolute atomic E-state index is 0.0695. The molecule has 1 fully saturated rings. The molecule has 0 aliphatic carbocycles. The Morgan fingerprint density at radius 2 is 1.88 bits per heavy atom. The summed E-state index contributed by atoms with van der Waals surface area (Å²) in [5.74, 6) is 2.36. The van der Waals surface area contributed by atoms with E-state index in [9.17, 15) is 4.79 Å². The van der Waals surface area contributed by atoms with Crippen LogP contribution in [0.3, 0.4) is 0 Å². The van der Waals surface area contributed by atoms with E-state index in [4.69, 9.17) is 9.26 Å². The number of methoxy groups -OCH3 is 1. The topological polar surface area (TPSA) is 80.5 Å². The number of amides is 1. The number of aryl methyl sites for hydroxylation is 1. The van der Waals surface area contributed by atoms with Gasteiger partial charge in [-0.1, -0.05) is 53.7 Å². The number of ether oxygens (including phenoxy) is 1. The number of para-hydroxylation sites is 1. The second-order valence-corrected chi connectivity index (χ2v) is 8.13. The summed E-state index contributed by atoms with van der Waals surface area (Å²) in [6.45, 7) is 3.00. The average Bonchev–Trinajstić information content (AvgIpc) is 3.31. The molecular formula is C25H30N4O3. The summed E-state index contributed by atoms with van der Waals surface area (Å²) in [4.78, 5) is 19.3. The number of aromatic nitrogens is 2. The maximum Gasteiger partial charge on any atom is 0.241 e. The van der Waals surface area contributed by atoms with Gasteiger partial charge in [0.15, 0.2) is 0 Å². The number of nitrogens with one attached hydrogen (secondary N) is 1. The maximum atomic E-state index is 12.6. The van der Waals surface area contributed by atoms with E-state index in [2.05, 4.69) is 26.4 Å². The van der Waals surface area contributed by atoms with E-state index >= 15 is 0 Å². The molecule has 4 rings (SSSR count). The Morgan fingerprint density at radius 3 is 2.66 bits per heavy atom. The first-order valence-corrected chi connectivity index (χ1v) is 11.2. The predicted molar refractivity (Wildman–Crippen MR) is 122 cm³/mol. The molecule has 2 heterocycles. The van der Waals surface area contributed by atoms with Crippen molar-refractivity contribution >= 4 is 5.91 Å². The van der Waals surface area contributed by atoms with Crippen LogP contribution in [0.1, 0.15) is 30.7 Å². The zero-order valence-electron chi connectivity index (χ0n) is 18.5. The van der Waals surface area contributed by atoms with Crippen molar-refractivity contribution in [3.63, 3.8) is 0 Å². The fraction of sp³-hybridized carbons (Fsp3) is 0.400. The van der Waals surface area contributed by atoms with Crippen LogP contribution in [0.2, 0.25) is 0 Å². The van der Waals surface area contributed by atoms with Crippen LogP contribution in [0.15, 0.2) is 59.1 Å². The molecule has 32 heavy (non-hydrogen) atoms. The summed E-state index contributed by atoms with van der Waals surface area (Å²) < 4.78 is 10.8. The van der Waals surface area contributed by atoms with Crippen LogP contribution in [-0.2, 0) is 17.8 Å². The highest BCUT2D eigenvalue weighted by Crippen LogP contribution is 2.21. The summed E-state index contributed by atoms with van der Waals surface area (Å²) >= 11 is 0. The molecule has 1 aromatic heterocycles. The standard InChI is InChI=1S/C25H30N4O3/c1-31-22-12-6-5-8-19(22)11-7-15-26-25(30)21-13-16-29(17-14-21)18-23-27-24(28-32-23)20-9-3-2-4-10-20/h2-6,8-10,12,21H,7,11,13-18H2,1H3,(H,26,30). The summed E-state index contributed by atoms with van der Waals surface area (Å²) in [6, 6.07) is 17.8. The SMILES string of the molecule is COc1ccccc1CCCNC(=O)C1CCN(Cc2nc(-c3ccccc3)no2)CC1. The maximum absolute atomic E-state index is 12.6. The molecule has 0 atom stereocenters. The Balaban J connectivity index is 1.17. The highest BCUT2D eigenvalue weighted by molar-refractivity contribution is 5.78. The first-order chi connectivity index (χ1) is 15.7. The number of carbonyl (C=O) groups excluding carboxylic acids is 1. The molecule has 3 aromatic rings. The molecule has 1 aliphatic heterocycles. The van der Waals surface area contributed by atoms with E-state index < -0.39 is 0 Å². The third kappa shape index (κ3) is 5.73. The molecule has 1 saturated heterocycles. The number of benzene rings is 2. The van der Waals surface area contributed by atoms with Crippen LogP contribution >= 0.6 is 0 Å². The van der Waals surface area contributed by atoms with Crippen molar-refractivity contribution < 1.29 is 14.1 Å². The van der Waals surface area contributed by atoms with E-state index in [1.807, 2.05) is 48.5 Å². The Bertz CT molecular complexity index is 997. The third-order valence-electron chi connectivity index (χ3n) is 5.93. The number of hydrogen-bond acceptors (Lipinski definition) is 6. The van der Waals surface area contributed by atoms with Crippen molar-refractivity contribution in [2.75, 3.05) is 26.7 Å². The Hall–Kier alpha value is -3.19. The predicted octanol–water partition coefficient (Wildman–Crippen LogP) is 3.71. The fourth-order valence-electron chi connectivity index (χ4n) is 4.11. The fourth-order valence-corrected chi connectivity index (χ4v) is 4.11. The molecule has 0 saturated carbocycles. The smallest absolute Gasteiger partial charge is 0.241 e. The lowest BCUT2D eigenvalue weighted by atomic mass is 9.96. The summed E-state index contributed by atoms with van der Waals surface area (Å²) in [5, 5.41) is 7.19. The van der Waals surface area contributed by atoms with E-state index in [-0.39, 0.29) is 11.8 Å². The lowest BCUT2D eigenvalue weighted by Gasteiger charge is -2.30. The first-order valence-electron chi connectivity index (χ1n) is 11.2. The van der Waals surface area contributed by atoms with Crippen LogP contribution in [0.25, 0.3) is 11.4 Å². The third-order valence-corrected chi connectivity index (χ3v) is 5.93. The van der Waals surface area contributed by atoms with Crippen LogP contribution in [0, 0.1) is 5.92 Å². The molecular weight excluding hydrogens is 404 g/mol. The molecule has 7 heteroatoms. The van der Waals surface area contributed by atoms with Crippen LogP contribution in [-0.4, -0.2) is 47.7 Å². The van der Waals surface area contributed by atoms with Gasteiger partial charge in [-0.05, 0) is 50.4 Å². The summed E-state index contributed by atoms with van der Waals surface area (Å²) in [6.07, 6.45) is 3.47. The van der Waals surface area contributed by atoms with Crippen LogP contribution in [0.5, 0.6) is 5.75 Å². The lowest BCUT2D eigenvalue weighted by Crippen LogP contribution is -2.40. The number of likely N-dealkylation sites (tertiary alicyclic amines) is 1. The van der Waals surface area contributed by atoms with Crippen molar-refractivity contribution in [1.29, 1.82) is 0 Å². The second kappa shape index (κ2) is 10.9. The van der Waals surface area contributed by atoms with Crippen molar-refractivity contribution in [3.8, 4) is 17.1 Å². The van der Waals surface area contributed by atoms with Gasteiger partial charge in [0.1, 0.15) is 5.75 Å². The van der Waals surface area contributed by atoms with E-state index in [0.29, 0.717) is 24.8 Å². The molecule has 2 aromatic carbocycles. The van der Waals surface area contributed by atoms with Crippen LogP contribution in [0.4, 0.5) is 0 Å². The van der Waals surface area contributed by atoms with E-state index in [0.717, 1.165) is 50.1 Å². The lowest BCUT2D eigenvalue weighted by molar-refractivity contribution is -0.126. The van der Waals surface area contributed by atoms with Gasteiger partial charge in [0.25, 0.3) is 0 Å². The first kappa shape index (κ1) is 22.0. The van der Waals surface area contributed by atoms with Crippen molar-refractivity contribution in [2.45, 2.75) is 32.2 Å². The molecule has 1 N–H and O–H groups in total. The van der Waals surface area contributed by atoms with E-state index in [1.54, 1.807) is 7.11 Å². The van der Waals surface area contributed by atoms with E-state index in [1.165, 1.54) is 5.56 Å². The Kier molecular flexibility index (Phi) is 7.51. The molecule has 168 valence electrons. The van der Waals surface area contributed by atoms with Gasteiger partial charge in [-0.3, -0.25) is 9.69 Å². The molecule has 0 radical (unpaired) electrons. The minimum atomic E-state index is 0.0695. The minimum Gasteiger partial charge on any atom is -0.496 e. The van der Waals surface area contributed by atoms with Gasteiger partial charge in [-0.25, -0.2) is 0 Å². The van der Waals surface area contributed by atoms with Crippen LogP contribution < -0.4 is 10.1 Å². The zero-order chi connectivity index (χ0) is 22.2. The van der Waals surface area contributed by atoms with Crippen molar-refractivity contribution in [2.24, 2.45) is 5.92 Å². The molecule has 0 unspecified atom stereocenters. The zero-order valence-corrected chi connectivity index (χ0v) is 18.5. The average molecular weight is 435 g/mol. The highest BCUT2D eigenvalue weighted by Gasteiger charge is 2.25. The van der Waals surface area contributed by atoms with Crippen molar-refractivity contribution in [3.05, 3.63) is 66.1 Å². The number of hydrogen-bond donors (Lipinski definition) is 1. The molecule has 1 aliphatic rings. The summed E-state index contributed by atoms with van der Waals surface area (Å²) in [7, 11) is 1.69. The van der Waals surface area contributed by atoms with Gasteiger partial charge in [-0.15, -0.1) is 0 Å². The second-order valence-electron chi connectivity index (χ2n) is 8.13. The monoisotopic (exact) mass is 434 g/mol. The van der Waals surface area contributed by atoms with Gasteiger partial charge in [0.2, 0.25) is 17.6 Å². The van der Waals surface area contributed by atoms with Gasteiger partial charge >= 0.3 is 0 Å². The quantitative estimate of drug-likeness (QED) is 0.517. The largest absolute Gasteiger partial charge is 0.496 e. The van der Waals surface area contributed by atoms with Gasteiger partial charge < -0.3 is 14.6 Å². The number of piperidine rings is 1. The molecule has 7 nitrogen and oxygen atoms in total. The number of rotatable bonds is 9. The van der Waals surface area contributed by atoms with Gasteiger partial charge in [0.05, 0.1) is 13.7 Å². The van der Waals surface area contributed by atoms with Gasteiger partial charge in [0, 0.05) is 18.0 Å². The molecule has 0 bridgehead atoms. The Morgan fingerprint density at radius 1 is 1.12 bits per heavy atom. The normalized spacial score (nSPS) is 14.9.